The molecule has 0 amide bonds. The van der Waals surface area contributed by atoms with E-state index >= 15 is 0 Å². The fourth-order valence-electron chi connectivity index (χ4n) is 1.17. The summed E-state index contributed by atoms with van der Waals surface area (Å²) in [6.07, 6.45) is 3.90. The van der Waals surface area contributed by atoms with Gasteiger partial charge in [0, 0.05) is 6.07 Å². The minimum Gasteiger partial charge on any atom is -0.505 e. The number of phenols is 1. The lowest BCUT2D eigenvalue weighted by Gasteiger charge is -2.16. The number of aromatic hydroxyl groups is 1. The Morgan fingerprint density at radius 2 is 2.27 bits per heavy atom. The van der Waals surface area contributed by atoms with Crippen LogP contribution >= 0.6 is 11.8 Å². The van der Waals surface area contributed by atoms with Crippen LogP contribution in [0.1, 0.15) is 19.8 Å². The molecule has 4 heteroatoms. The number of halogens is 1. The molecule has 0 heterocycles. The first-order valence-electron chi connectivity index (χ1n) is 4.85. The molecule has 1 aromatic rings. The Morgan fingerprint density at radius 3 is 2.80 bits per heavy atom. The molecule has 1 unspecified atom stereocenters. The van der Waals surface area contributed by atoms with E-state index in [1.54, 1.807) is 17.8 Å². The van der Waals surface area contributed by atoms with Gasteiger partial charge in [0.25, 0.3) is 0 Å². The number of hydrogen-bond acceptors (Lipinski definition) is 3. The summed E-state index contributed by atoms with van der Waals surface area (Å²) >= 11 is 1.59. The van der Waals surface area contributed by atoms with Gasteiger partial charge in [-0.3, -0.25) is 0 Å². The van der Waals surface area contributed by atoms with Crippen LogP contribution in [0.25, 0.3) is 0 Å². The van der Waals surface area contributed by atoms with Gasteiger partial charge >= 0.3 is 0 Å². The molecule has 84 valence electrons. The molecule has 0 radical (unpaired) electrons. The van der Waals surface area contributed by atoms with Crippen LogP contribution in [0.5, 0.6) is 11.5 Å². The fourth-order valence-corrected chi connectivity index (χ4v) is 1.85. The zero-order valence-electron chi connectivity index (χ0n) is 8.87. The highest BCUT2D eigenvalue weighted by molar-refractivity contribution is 7.99. The summed E-state index contributed by atoms with van der Waals surface area (Å²) in [6.45, 7) is 2.07. The molecular weight excluding hydrogens is 215 g/mol. The first-order chi connectivity index (χ1) is 7.17. The molecule has 1 rings (SSSR count). The molecule has 0 bridgehead atoms. The molecular formula is C11H15FO2S. The van der Waals surface area contributed by atoms with Crippen molar-refractivity contribution in [3.8, 4) is 11.5 Å². The molecule has 0 spiro atoms. The highest BCUT2D eigenvalue weighted by atomic mass is 32.2. The third kappa shape index (κ3) is 3.63. The number of benzene rings is 1. The minimum atomic E-state index is -0.649. The minimum absolute atomic E-state index is 0.0407. The molecule has 0 saturated carbocycles. The third-order valence-electron chi connectivity index (χ3n) is 1.97. The van der Waals surface area contributed by atoms with Crippen molar-refractivity contribution in [2.24, 2.45) is 0 Å². The van der Waals surface area contributed by atoms with E-state index in [9.17, 15) is 4.39 Å². The maximum absolute atomic E-state index is 13.0. The van der Waals surface area contributed by atoms with Gasteiger partial charge in [0.2, 0.25) is 0 Å². The molecule has 0 fully saturated rings. The summed E-state index contributed by atoms with van der Waals surface area (Å²) in [5.74, 6) is -0.541. The monoisotopic (exact) mass is 230 g/mol. The Morgan fingerprint density at radius 1 is 1.53 bits per heavy atom. The van der Waals surface area contributed by atoms with Crippen molar-refractivity contribution in [1.82, 2.24) is 0 Å². The predicted octanol–water partition coefficient (Wildman–Crippen LogP) is 3.40. The van der Waals surface area contributed by atoms with Crippen molar-refractivity contribution in [3.05, 3.63) is 24.0 Å². The van der Waals surface area contributed by atoms with Gasteiger partial charge < -0.3 is 9.84 Å². The number of hydrogen-bond donors (Lipinski definition) is 1. The molecule has 1 aromatic carbocycles. The summed E-state index contributed by atoms with van der Waals surface area (Å²) in [4.78, 5) is 0. The normalized spacial score (nSPS) is 12.5. The van der Waals surface area contributed by atoms with Crippen molar-refractivity contribution in [2.45, 2.75) is 25.2 Å². The Kier molecular flexibility index (Phi) is 4.75. The largest absolute Gasteiger partial charge is 0.505 e. The molecule has 0 aliphatic rings. The van der Waals surface area contributed by atoms with Gasteiger partial charge in [0.15, 0.2) is 11.6 Å². The molecule has 1 atom stereocenters. The molecule has 2 nitrogen and oxygen atoms in total. The average Bonchev–Trinajstić information content (AvgIpc) is 2.23. The predicted molar refractivity (Wildman–Crippen MR) is 60.9 cm³/mol. The summed E-state index contributed by atoms with van der Waals surface area (Å²) in [7, 11) is 0. The van der Waals surface area contributed by atoms with Crippen LogP contribution in [0.15, 0.2) is 18.2 Å². The van der Waals surface area contributed by atoms with Crippen molar-refractivity contribution in [3.63, 3.8) is 0 Å². The Labute approximate surface area is 93.5 Å². The van der Waals surface area contributed by atoms with Crippen LogP contribution < -0.4 is 4.74 Å². The van der Waals surface area contributed by atoms with E-state index in [-0.39, 0.29) is 11.2 Å². The second-order valence-corrected chi connectivity index (χ2v) is 4.18. The SMILES string of the molecule is CCCC(Oc1ccc(O)c(F)c1)SC. The van der Waals surface area contributed by atoms with E-state index < -0.39 is 5.82 Å². The highest BCUT2D eigenvalue weighted by Gasteiger charge is 2.09. The highest BCUT2D eigenvalue weighted by Crippen LogP contribution is 2.24. The second kappa shape index (κ2) is 5.85. The van der Waals surface area contributed by atoms with Crippen LogP contribution in [0, 0.1) is 5.82 Å². The summed E-state index contributed by atoms with van der Waals surface area (Å²) in [6, 6.07) is 4.07. The van der Waals surface area contributed by atoms with E-state index in [1.165, 1.54) is 12.1 Å². The number of ether oxygens (including phenoxy) is 1. The van der Waals surface area contributed by atoms with Gasteiger partial charge in [-0.2, -0.15) is 0 Å². The lowest BCUT2D eigenvalue weighted by molar-refractivity contribution is 0.274. The van der Waals surface area contributed by atoms with Crippen molar-refractivity contribution < 1.29 is 14.2 Å². The van der Waals surface area contributed by atoms with Crippen LogP contribution in [-0.2, 0) is 0 Å². The maximum atomic E-state index is 13.0. The van der Waals surface area contributed by atoms with E-state index in [4.69, 9.17) is 9.84 Å². The average molecular weight is 230 g/mol. The molecule has 0 saturated heterocycles. The standard InChI is InChI=1S/C11H15FO2S/c1-3-4-11(15-2)14-8-5-6-10(13)9(12)7-8/h5-7,11,13H,3-4H2,1-2H3. The summed E-state index contributed by atoms with van der Waals surface area (Å²) < 4.78 is 18.5. The molecule has 0 aromatic heterocycles. The van der Waals surface area contributed by atoms with Gasteiger partial charge in [0.05, 0.1) is 0 Å². The van der Waals surface area contributed by atoms with Crippen molar-refractivity contribution in [2.75, 3.05) is 6.26 Å². The summed E-state index contributed by atoms with van der Waals surface area (Å²) in [5, 5.41) is 9.00. The smallest absolute Gasteiger partial charge is 0.168 e. The van der Waals surface area contributed by atoms with Gasteiger partial charge in [-0.1, -0.05) is 13.3 Å². The van der Waals surface area contributed by atoms with Gasteiger partial charge in [-0.25, -0.2) is 4.39 Å². The number of thioether (sulfide) groups is 1. The Bertz CT molecular complexity index is 317. The number of phenolic OH excluding ortho intramolecular Hbond substituents is 1. The van der Waals surface area contributed by atoms with E-state index in [2.05, 4.69) is 6.92 Å². The lowest BCUT2D eigenvalue weighted by Crippen LogP contribution is -2.11. The third-order valence-corrected chi connectivity index (χ3v) is 2.83. The van der Waals surface area contributed by atoms with Crippen LogP contribution in [0.4, 0.5) is 4.39 Å². The Balaban J connectivity index is 2.66. The quantitative estimate of drug-likeness (QED) is 0.786. The van der Waals surface area contributed by atoms with Crippen LogP contribution in [0.3, 0.4) is 0 Å². The first kappa shape index (κ1) is 12.2. The van der Waals surface area contributed by atoms with Crippen LogP contribution in [0.2, 0.25) is 0 Å². The second-order valence-electron chi connectivity index (χ2n) is 3.19. The van der Waals surface area contributed by atoms with E-state index in [1.807, 2.05) is 6.26 Å². The van der Waals surface area contributed by atoms with E-state index in [0.29, 0.717) is 5.75 Å². The summed E-state index contributed by atoms with van der Waals surface area (Å²) in [5.41, 5.74) is 0.0407. The lowest BCUT2D eigenvalue weighted by atomic mass is 10.3. The van der Waals surface area contributed by atoms with Gasteiger partial charge in [0.1, 0.15) is 11.2 Å². The van der Waals surface area contributed by atoms with Crippen molar-refractivity contribution in [1.29, 1.82) is 0 Å². The van der Waals surface area contributed by atoms with Gasteiger partial charge in [-0.15, -0.1) is 11.8 Å². The van der Waals surface area contributed by atoms with Crippen LogP contribution in [-0.4, -0.2) is 16.8 Å². The molecule has 1 N–H and O–H groups in total. The topological polar surface area (TPSA) is 29.5 Å². The zero-order chi connectivity index (χ0) is 11.3. The van der Waals surface area contributed by atoms with Gasteiger partial charge in [-0.05, 0) is 24.8 Å². The molecule has 0 aliphatic carbocycles. The van der Waals surface area contributed by atoms with E-state index in [0.717, 1.165) is 12.8 Å². The molecule has 0 aliphatic heterocycles. The Hall–Kier alpha value is -0.900. The molecule has 15 heavy (non-hydrogen) atoms. The fraction of sp³-hybridized carbons (Fsp3) is 0.455. The maximum Gasteiger partial charge on any atom is 0.168 e. The number of rotatable bonds is 5. The van der Waals surface area contributed by atoms with Crippen molar-refractivity contribution >= 4 is 11.8 Å². The first-order valence-corrected chi connectivity index (χ1v) is 6.14. The zero-order valence-corrected chi connectivity index (χ0v) is 9.68.